The minimum atomic E-state index is -0.675. The average Bonchev–Trinajstić information content (AvgIpc) is 1.73. The van der Waals surface area contributed by atoms with E-state index in [1.807, 2.05) is 0 Å². The smallest absolute Gasteiger partial charge is 0.169 e. The zero-order chi connectivity index (χ0) is 83.3. The van der Waals surface area contributed by atoms with E-state index < -0.39 is 17.4 Å². The van der Waals surface area contributed by atoms with Crippen LogP contribution in [0.2, 0.25) is 0 Å². The van der Waals surface area contributed by atoms with Gasteiger partial charge < -0.3 is 28.4 Å². The molecule has 3 saturated heterocycles. The Morgan fingerprint density at radius 1 is 0.137 bits per heavy atom. The van der Waals surface area contributed by atoms with Crippen LogP contribution in [0, 0.1) is 0 Å². The van der Waals surface area contributed by atoms with Crippen molar-refractivity contribution in [1.82, 2.24) is 0 Å². The monoisotopic (exact) mass is 1650 g/mol. The van der Waals surface area contributed by atoms with Crippen molar-refractivity contribution in [3.05, 3.63) is 0 Å². The van der Waals surface area contributed by atoms with Gasteiger partial charge in [0, 0.05) is 38.5 Å². The first-order valence-electron chi connectivity index (χ1n) is 55.9. The van der Waals surface area contributed by atoms with Crippen molar-refractivity contribution in [2.24, 2.45) is 0 Å². The molecule has 0 spiro atoms. The van der Waals surface area contributed by atoms with Crippen LogP contribution < -0.4 is 0 Å². The molecule has 3 fully saturated rings. The number of hydrogen-bond acceptors (Lipinski definition) is 6. The van der Waals surface area contributed by atoms with Crippen molar-refractivity contribution in [2.75, 3.05) is 13.2 Å². The normalized spacial score (nSPS) is 17.8. The maximum atomic E-state index is 8.07. The molecule has 0 bridgehead atoms. The predicted molar refractivity (Wildman–Crippen MR) is 517 cm³/mol. The van der Waals surface area contributed by atoms with E-state index in [9.17, 15) is 0 Å². The summed E-state index contributed by atoms with van der Waals surface area (Å²) >= 11 is 0. The molecule has 3 heterocycles. The summed E-state index contributed by atoms with van der Waals surface area (Å²) in [7, 11) is 0. The van der Waals surface area contributed by atoms with Gasteiger partial charge in [-0.2, -0.15) is 0 Å². The molecule has 6 heteroatoms. The molecule has 3 rings (SSSR count). The molecule has 698 valence electrons. The van der Waals surface area contributed by atoms with Gasteiger partial charge in [-0.3, -0.25) is 0 Å². The van der Waals surface area contributed by atoms with E-state index in [2.05, 4.69) is 41.5 Å². The number of unbranched alkanes of at least 4 members (excludes halogenated alkanes) is 84. The summed E-state index contributed by atoms with van der Waals surface area (Å²) in [5, 5.41) is 0. The van der Waals surface area contributed by atoms with E-state index >= 15 is 0 Å². The number of hydrogen-bond donors (Lipinski definition) is 0. The second kappa shape index (κ2) is 85.2. The van der Waals surface area contributed by atoms with Gasteiger partial charge in [0.2, 0.25) is 0 Å². The van der Waals surface area contributed by atoms with Crippen LogP contribution in [0.15, 0.2) is 0 Å². The topological polar surface area (TPSA) is 55.4 Å². The quantitative estimate of drug-likeness (QED) is 0.0566. The Labute approximate surface area is 737 Å². The molecular weight excluding hydrogens is 1430 g/mol. The van der Waals surface area contributed by atoms with E-state index in [1.54, 1.807) is 0 Å². The third kappa shape index (κ3) is 65.0. The molecule has 0 aromatic rings. The van der Waals surface area contributed by atoms with Crippen molar-refractivity contribution in [2.45, 2.75) is 700 Å². The van der Waals surface area contributed by atoms with Crippen LogP contribution in [0.1, 0.15) is 658 Å². The van der Waals surface area contributed by atoms with E-state index in [-0.39, 0.29) is 24.4 Å². The van der Waals surface area contributed by atoms with E-state index in [0.29, 0.717) is 13.2 Å². The summed E-state index contributed by atoms with van der Waals surface area (Å²) in [6.07, 6.45) is 129. The Hall–Kier alpha value is -0.240. The first kappa shape index (κ1) is 111. The van der Waals surface area contributed by atoms with E-state index in [1.165, 1.54) is 552 Å². The molecule has 0 unspecified atom stereocenters. The lowest BCUT2D eigenvalue weighted by Gasteiger charge is -2.55. The van der Waals surface area contributed by atoms with Crippen molar-refractivity contribution < 1.29 is 28.4 Å². The fraction of sp³-hybridized carbons (Fsp3) is 1.00. The zero-order valence-electron chi connectivity index (χ0n) is 81.6. The van der Waals surface area contributed by atoms with E-state index in [4.69, 9.17) is 28.4 Å². The van der Waals surface area contributed by atoms with Gasteiger partial charge in [0.05, 0.1) is 13.2 Å². The third-order valence-corrected chi connectivity index (χ3v) is 28.5. The summed E-state index contributed by atoms with van der Waals surface area (Å²) < 4.78 is 46.5. The minimum Gasteiger partial charge on any atom is -0.347 e. The SMILES string of the molecule is CCCCCCCCCCCCCCCCCC1(CCCCCCCCCCCCCCCCC)OC[C@@H]2OC(CCCCCCCCCCCCCCCCC)(CCCCCCCCCCCCCCCCC)O[C@H]([C@H]3COC(CCCCCCCCCCCCCCCCC)(CCCCCCCCCCCCCCCCC)O3)[C@@H]2O1. The van der Waals surface area contributed by atoms with Gasteiger partial charge >= 0.3 is 0 Å². The highest BCUT2D eigenvalue weighted by molar-refractivity contribution is 4.99. The highest BCUT2D eigenvalue weighted by Gasteiger charge is 2.58. The lowest BCUT2D eigenvalue weighted by atomic mass is 9.91. The van der Waals surface area contributed by atoms with Crippen LogP contribution in [0.25, 0.3) is 0 Å². The second-order valence-corrected chi connectivity index (χ2v) is 40.0. The Kier molecular flexibility index (Phi) is 80.8. The first-order chi connectivity index (χ1) is 57.9. The van der Waals surface area contributed by atoms with Gasteiger partial charge in [-0.05, 0) is 38.5 Å². The molecule has 0 aromatic carbocycles. The molecule has 0 N–H and O–H groups in total. The number of rotatable bonds is 97. The Morgan fingerprint density at radius 3 is 0.402 bits per heavy atom. The summed E-state index contributed by atoms with van der Waals surface area (Å²) in [4.78, 5) is 0. The molecule has 0 aromatic heterocycles. The Bertz CT molecular complexity index is 1820. The lowest BCUT2D eigenvalue weighted by molar-refractivity contribution is -0.432. The van der Waals surface area contributed by atoms with Crippen molar-refractivity contribution in [3.63, 3.8) is 0 Å². The van der Waals surface area contributed by atoms with Gasteiger partial charge in [-0.25, -0.2) is 0 Å². The molecular formula is C111H218O6. The van der Waals surface area contributed by atoms with Crippen molar-refractivity contribution in [1.29, 1.82) is 0 Å². The maximum Gasteiger partial charge on any atom is 0.169 e. The largest absolute Gasteiger partial charge is 0.347 e. The van der Waals surface area contributed by atoms with Crippen LogP contribution in [-0.2, 0) is 28.4 Å². The van der Waals surface area contributed by atoms with Crippen LogP contribution in [0.5, 0.6) is 0 Å². The van der Waals surface area contributed by atoms with Crippen LogP contribution in [0.3, 0.4) is 0 Å². The van der Waals surface area contributed by atoms with Crippen LogP contribution in [0.4, 0.5) is 0 Å². The zero-order valence-corrected chi connectivity index (χ0v) is 81.6. The average molecular weight is 1650 g/mol. The Morgan fingerprint density at radius 2 is 0.248 bits per heavy atom. The van der Waals surface area contributed by atoms with Crippen LogP contribution >= 0.6 is 0 Å². The van der Waals surface area contributed by atoms with Crippen molar-refractivity contribution >= 4 is 0 Å². The summed E-state index contributed by atoms with van der Waals surface area (Å²) in [5.41, 5.74) is 0. The van der Waals surface area contributed by atoms with Crippen molar-refractivity contribution in [3.8, 4) is 0 Å². The molecule has 3 aliphatic rings. The highest BCUT2D eigenvalue weighted by atomic mass is 16.8. The maximum absolute atomic E-state index is 8.07. The molecule has 0 radical (unpaired) electrons. The van der Waals surface area contributed by atoms with Gasteiger partial charge in [0.1, 0.15) is 24.4 Å². The fourth-order valence-corrected chi connectivity index (χ4v) is 20.4. The minimum absolute atomic E-state index is 0.184. The summed E-state index contributed by atoms with van der Waals surface area (Å²) in [5.74, 6) is -1.87. The van der Waals surface area contributed by atoms with Gasteiger partial charge in [0.25, 0.3) is 0 Å². The molecule has 0 saturated carbocycles. The molecule has 0 aliphatic carbocycles. The summed E-state index contributed by atoms with van der Waals surface area (Å²) in [6.45, 7) is 15.2. The Balaban J connectivity index is 1.90. The standard InChI is InChI=1S/C111H218O6/c1-7-13-19-25-31-37-43-49-55-61-67-73-79-85-91-97-109(98-92-86-80-74-68-62-56-50-44-38-32-26-20-14-8-2)112-103-105(114-109)108-107-106(115-111(117-108,101-95-89-83-77-71-65-59-53-47-41-35-29-23-17-11-5)102-96-90-84-78-72-66-60-54-48-42-36-30-24-18-12-6)104-113-110(116-107,99-93-87-81-75-69-63-57-51-45-39-33-27-21-15-9-3)100-94-88-82-76-70-64-58-52-46-40-34-28-22-16-10-4/h105-108H,7-104H2,1-6H3/t105-,106+,107-,108-/m1/s1. The number of ether oxygens (including phenoxy) is 6. The second-order valence-electron chi connectivity index (χ2n) is 40.0. The lowest BCUT2D eigenvalue weighted by Crippen LogP contribution is -2.67. The fourth-order valence-electron chi connectivity index (χ4n) is 20.4. The summed E-state index contributed by atoms with van der Waals surface area (Å²) in [6, 6.07) is 0. The van der Waals surface area contributed by atoms with E-state index in [0.717, 1.165) is 64.2 Å². The molecule has 3 aliphatic heterocycles. The molecule has 117 heavy (non-hydrogen) atoms. The first-order valence-corrected chi connectivity index (χ1v) is 55.9. The third-order valence-electron chi connectivity index (χ3n) is 28.5. The van der Waals surface area contributed by atoms with Crippen LogP contribution in [-0.4, -0.2) is 55.0 Å². The highest BCUT2D eigenvalue weighted by Crippen LogP contribution is 2.48. The molecule has 6 nitrogen and oxygen atoms in total. The van der Waals surface area contributed by atoms with Gasteiger partial charge in [-0.1, -0.05) is 581 Å². The van der Waals surface area contributed by atoms with Gasteiger partial charge in [-0.15, -0.1) is 0 Å². The predicted octanol–water partition coefficient (Wildman–Crippen LogP) is 39.3. The molecule has 4 atom stereocenters. The molecule has 0 amide bonds. The number of fused-ring (bicyclic) bond motifs is 1. The van der Waals surface area contributed by atoms with Gasteiger partial charge in [0.15, 0.2) is 17.4 Å².